The van der Waals surface area contributed by atoms with Gasteiger partial charge in [-0.2, -0.15) is 0 Å². The Balaban J connectivity index is 1.45. The molecule has 0 unspecified atom stereocenters. The number of hydrogen-bond donors (Lipinski definition) is 0. The second-order valence-electron chi connectivity index (χ2n) is 6.95. The molecule has 0 spiro atoms. The van der Waals surface area contributed by atoms with E-state index >= 15 is 0 Å². The van der Waals surface area contributed by atoms with Crippen LogP contribution in [0.15, 0.2) is 48.5 Å². The lowest BCUT2D eigenvalue weighted by Gasteiger charge is -2.21. The fourth-order valence-corrected chi connectivity index (χ4v) is 4.12. The topological polar surface area (TPSA) is 6.48 Å². The van der Waals surface area contributed by atoms with E-state index in [0.717, 1.165) is 32.6 Å². The minimum absolute atomic E-state index is 0.201. The quantitative estimate of drug-likeness (QED) is 0.797. The number of hydrogen-bond acceptors (Lipinski definition) is 2. The Morgan fingerprint density at radius 3 is 2.67 bits per heavy atom. The summed E-state index contributed by atoms with van der Waals surface area (Å²) in [5, 5.41) is 0. The highest BCUT2D eigenvalue weighted by Crippen LogP contribution is 2.35. The second-order valence-corrected chi connectivity index (χ2v) is 6.95. The minimum atomic E-state index is -0.201. The summed E-state index contributed by atoms with van der Waals surface area (Å²) in [4.78, 5) is 4.82. The summed E-state index contributed by atoms with van der Waals surface area (Å²) < 4.78 is 12.3. The van der Waals surface area contributed by atoms with Gasteiger partial charge in [-0.3, -0.25) is 4.39 Å². The van der Waals surface area contributed by atoms with Crippen molar-refractivity contribution in [2.24, 2.45) is 0 Å². The summed E-state index contributed by atoms with van der Waals surface area (Å²) >= 11 is 0. The van der Waals surface area contributed by atoms with Gasteiger partial charge in [-0.15, -0.1) is 0 Å². The maximum atomic E-state index is 12.3. The van der Waals surface area contributed by atoms with Crippen LogP contribution >= 0.6 is 0 Å². The number of likely N-dealkylation sites (tertiary alicyclic amines) is 1. The van der Waals surface area contributed by atoms with Crippen LogP contribution in [0.1, 0.15) is 29.9 Å². The number of halogens is 1. The molecule has 24 heavy (non-hydrogen) atoms. The van der Waals surface area contributed by atoms with Gasteiger partial charge in [0.05, 0.1) is 6.67 Å². The molecule has 0 N–H and O–H groups in total. The summed E-state index contributed by atoms with van der Waals surface area (Å²) in [7, 11) is 0. The summed E-state index contributed by atoms with van der Waals surface area (Å²) in [5.41, 5.74) is 5.51. The highest BCUT2D eigenvalue weighted by atomic mass is 19.1. The number of rotatable bonds is 5. The first-order valence-corrected chi connectivity index (χ1v) is 9.09. The predicted octanol–water partition coefficient (Wildman–Crippen LogP) is 4.53. The van der Waals surface area contributed by atoms with Gasteiger partial charge in [0.15, 0.2) is 0 Å². The van der Waals surface area contributed by atoms with Gasteiger partial charge < -0.3 is 9.80 Å². The molecule has 0 radical (unpaired) electrons. The number of para-hydroxylation sites is 1. The van der Waals surface area contributed by atoms with Crippen molar-refractivity contribution in [2.45, 2.75) is 25.2 Å². The second kappa shape index (κ2) is 6.94. The number of anilines is 2. The van der Waals surface area contributed by atoms with Crippen LogP contribution in [0.4, 0.5) is 15.8 Å². The fraction of sp³-hybridized carbons (Fsp3) is 0.429. The van der Waals surface area contributed by atoms with E-state index in [0.29, 0.717) is 12.3 Å². The van der Waals surface area contributed by atoms with Gasteiger partial charge in [0.25, 0.3) is 0 Å². The summed E-state index contributed by atoms with van der Waals surface area (Å²) in [5.74, 6) is 0.601. The van der Waals surface area contributed by atoms with Crippen LogP contribution in [0.5, 0.6) is 0 Å². The molecule has 0 amide bonds. The first-order chi connectivity index (χ1) is 11.8. The van der Waals surface area contributed by atoms with Crippen LogP contribution in [0.25, 0.3) is 0 Å². The molecule has 0 aromatic heterocycles. The molecule has 2 nitrogen and oxygen atoms in total. The average Bonchev–Trinajstić information content (AvgIpc) is 3.27. The molecule has 2 heterocycles. The summed E-state index contributed by atoms with van der Waals surface area (Å²) in [6.45, 7) is 3.94. The molecule has 1 saturated heterocycles. The average molecular weight is 324 g/mol. The molecule has 2 aromatic carbocycles. The number of alkyl halides is 1. The van der Waals surface area contributed by atoms with Gasteiger partial charge in [0.1, 0.15) is 0 Å². The standard InChI is InChI=1S/C21H25FN2/c22-12-3-13-23-14-10-19(16-23)17-6-8-20(9-7-17)24-15-11-18-4-1-2-5-21(18)24/h1-2,4-9,19H,3,10-16H2/t19-/m1/s1. The maximum Gasteiger partial charge on any atom is 0.0906 e. The number of nitrogens with zero attached hydrogens (tertiary/aromatic N) is 2. The molecule has 0 saturated carbocycles. The molecular formula is C21H25FN2. The van der Waals surface area contributed by atoms with E-state index in [1.807, 2.05) is 0 Å². The third-order valence-corrected chi connectivity index (χ3v) is 5.44. The van der Waals surface area contributed by atoms with E-state index in [1.54, 1.807) is 0 Å². The summed E-state index contributed by atoms with van der Waals surface area (Å²) in [6.07, 6.45) is 2.99. The van der Waals surface area contributed by atoms with E-state index in [-0.39, 0.29) is 6.67 Å². The van der Waals surface area contributed by atoms with Crippen LogP contribution in [0, 0.1) is 0 Å². The lowest BCUT2D eigenvalue weighted by Crippen LogP contribution is -2.21. The third kappa shape index (κ3) is 3.05. The lowest BCUT2D eigenvalue weighted by atomic mass is 9.98. The molecule has 0 aliphatic carbocycles. The third-order valence-electron chi connectivity index (χ3n) is 5.44. The highest BCUT2D eigenvalue weighted by Gasteiger charge is 2.24. The molecule has 1 fully saturated rings. The molecule has 0 bridgehead atoms. The van der Waals surface area contributed by atoms with Crippen molar-refractivity contribution in [1.29, 1.82) is 0 Å². The zero-order valence-electron chi connectivity index (χ0n) is 14.1. The molecular weight excluding hydrogens is 299 g/mol. The largest absolute Gasteiger partial charge is 0.341 e. The Labute approximate surface area is 143 Å². The fourth-order valence-electron chi connectivity index (χ4n) is 4.12. The van der Waals surface area contributed by atoms with Crippen molar-refractivity contribution in [3.63, 3.8) is 0 Å². The Bertz CT molecular complexity index is 682. The van der Waals surface area contributed by atoms with Crippen molar-refractivity contribution < 1.29 is 4.39 Å². The first kappa shape index (κ1) is 15.6. The van der Waals surface area contributed by atoms with Crippen LogP contribution in [0.2, 0.25) is 0 Å². The highest BCUT2D eigenvalue weighted by molar-refractivity contribution is 5.69. The van der Waals surface area contributed by atoms with Crippen LogP contribution in [-0.4, -0.2) is 37.8 Å². The zero-order valence-corrected chi connectivity index (χ0v) is 14.1. The normalized spacial score (nSPS) is 20.5. The Kier molecular flexibility index (Phi) is 4.52. The Morgan fingerprint density at radius 1 is 1.00 bits per heavy atom. The van der Waals surface area contributed by atoms with Crippen molar-refractivity contribution in [3.8, 4) is 0 Å². The van der Waals surface area contributed by atoms with Gasteiger partial charge in [-0.05, 0) is 61.1 Å². The molecule has 2 aliphatic heterocycles. The van der Waals surface area contributed by atoms with Gasteiger partial charge in [-0.25, -0.2) is 0 Å². The summed E-state index contributed by atoms with van der Waals surface area (Å²) in [6, 6.07) is 17.8. The Morgan fingerprint density at radius 2 is 1.83 bits per heavy atom. The van der Waals surface area contributed by atoms with Crippen molar-refractivity contribution in [2.75, 3.05) is 37.8 Å². The van der Waals surface area contributed by atoms with E-state index in [1.165, 1.54) is 28.9 Å². The number of fused-ring (bicyclic) bond motifs is 1. The van der Waals surface area contributed by atoms with Gasteiger partial charge in [0, 0.05) is 31.0 Å². The minimum Gasteiger partial charge on any atom is -0.341 e. The van der Waals surface area contributed by atoms with Crippen molar-refractivity contribution >= 4 is 11.4 Å². The predicted molar refractivity (Wildman–Crippen MR) is 98.0 cm³/mol. The number of benzene rings is 2. The molecule has 4 rings (SSSR count). The van der Waals surface area contributed by atoms with E-state index < -0.39 is 0 Å². The molecule has 1 atom stereocenters. The van der Waals surface area contributed by atoms with Crippen molar-refractivity contribution in [3.05, 3.63) is 59.7 Å². The first-order valence-electron chi connectivity index (χ1n) is 9.09. The molecule has 126 valence electrons. The monoisotopic (exact) mass is 324 g/mol. The van der Waals surface area contributed by atoms with Crippen LogP contribution in [0.3, 0.4) is 0 Å². The molecule has 2 aromatic rings. The zero-order chi connectivity index (χ0) is 16.4. The van der Waals surface area contributed by atoms with Gasteiger partial charge in [0.2, 0.25) is 0 Å². The van der Waals surface area contributed by atoms with Crippen LogP contribution < -0.4 is 4.90 Å². The molecule has 3 heteroatoms. The smallest absolute Gasteiger partial charge is 0.0906 e. The van der Waals surface area contributed by atoms with E-state index in [9.17, 15) is 4.39 Å². The van der Waals surface area contributed by atoms with E-state index in [2.05, 4.69) is 58.3 Å². The maximum absolute atomic E-state index is 12.3. The van der Waals surface area contributed by atoms with E-state index in [4.69, 9.17) is 0 Å². The lowest BCUT2D eigenvalue weighted by molar-refractivity contribution is 0.309. The molecule has 2 aliphatic rings. The van der Waals surface area contributed by atoms with Crippen LogP contribution in [-0.2, 0) is 6.42 Å². The van der Waals surface area contributed by atoms with Gasteiger partial charge in [-0.1, -0.05) is 30.3 Å². The SMILES string of the molecule is FCCCN1CC[C@@H](c2ccc(N3CCc4ccccc43)cc2)C1. The van der Waals surface area contributed by atoms with Crippen molar-refractivity contribution in [1.82, 2.24) is 4.90 Å². The van der Waals surface area contributed by atoms with Gasteiger partial charge >= 0.3 is 0 Å². The Hall–Kier alpha value is -1.87.